The lowest BCUT2D eigenvalue weighted by Gasteiger charge is -2.09. The minimum atomic E-state index is -0.137. The summed E-state index contributed by atoms with van der Waals surface area (Å²) in [5.41, 5.74) is 3.57. The maximum Gasteiger partial charge on any atom is 0.238 e. The van der Waals surface area contributed by atoms with E-state index in [0.717, 1.165) is 34.4 Å². The smallest absolute Gasteiger partial charge is 0.238 e. The van der Waals surface area contributed by atoms with Gasteiger partial charge in [0.1, 0.15) is 42.9 Å². The second kappa shape index (κ2) is 9.89. The van der Waals surface area contributed by atoms with E-state index in [1.807, 2.05) is 34.9 Å². The van der Waals surface area contributed by atoms with Crippen LogP contribution in [0.15, 0.2) is 65.4 Å². The van der Waals surface area contributed by atoms with Gasteiger partial charge in [0.25, 0.3) is 0 Å². The molecule has 0 unspecified atom stereocenters. The zero-order valence-electron chi connectivity index (χ0n) is 19.5. The molecule has 1 atom stereocenters. The van der Waals surface area contributed by atoms with Gasteiger partial charge in [0.05, 0.1) is 19.3 Å². The molecule has 2 aromatic heterocycles. The van der Waals surface area contributed by atoms with Gasteiger partial charge in [0, 0.05) is 24.3 Å². The van der Waals surface area contributed by atoms with Crippen molar-refractivity contribution in [3.05, 3.63) is 89.0 Å². The molecule has 0 radical (unpaired) electrons. The van der Waals surface area contributed by atoms with Crippen LogP contribution in [0.3, 0.4) is 0 Å². The van der Waals surface area contributed by atoms with Gasteiger partial charge in [-0.05, 0) is 29.8 Å². The van der Waals surface area contributed by atoms with Crippen molar-refractivity contribution in [1.29, 1.82) is 0 Å². The average Bonchev–Trinajstić information content (AvgIpc) is 3.60. The number of rotatable bonds is 7. The molecule has 0 spiro atoms. The SMILES string of the molecule is C=C/C(Cl)=C\C=C1/Cc2nnc(COC)n2Cc2c(C3=N[C@@H](c4cccc(OC)c4)CO3)ncn21. The zero-order valence-corrected chi connectivity index (χ0v) is 20.3. The van der Waals surface area contributed by atoms with Crippen LogP contribution in [-0.2, 0) is 29.0 Å². The summed E-state index contributed by atoms with van der Waals surface area (Å²) in [5, 5.41) is 9.27. The second-order valence-corrected chi connectivity index (χ2v) is 8.53. The normalized spacial score (nSPS) is 18.5. The van der Waals surface area contributed by atoms with Crippen molar-refractivity contribution in [1.82, 2.24) is 24.3 Å². The Hall–Kier alpha value is -3.69. The number of aromatic nitrogens is 5. The maximum atomic E-state index is 6.18. The number of nitrogens with zero attached hydrogens (tertiary/aromatic N) is 6. The van der Waals surface area contributed by atoms with Crippen molar-refractivity contribution in [2.45, 2.75) is 25.6 Å². The van der Waals surface area contributed by atoms with Crippen LogP contribution in [0.1, 0.15) is 34.6 Å². The molecule has 1 aromatic carbocycles. The van der Waals surface area contributed by atoms with Crippen LogP contribution in [0.25, 0.3) is 5.70 Å². The van der Waals surface area contributed by atoms with E-state index in [0.29, 0.717) is 42.8 Å². The molecule has 0 N–H and O–H groups in total. The molecule has 2 aliphatic heterocycles. The molecule has 10 heteroatoms. The topological polar surface area (TPSA) is 88.6 Å². The number of aliphatic imine (C=N–C) groups is 1. The van der Waals surface area contributed by atoms with Crippen molar-refractivity contribution in [3.63, 3.8) is 0 Å². The summed E-state index contributed by atoms with van der Waals surface area (Å²) >= 11 is 6.18. The fourth-order valence-corrected chi connectivity index (χ4v) is 4.24. The molecule has 9 nitrogen and oxygen atoms in total. The molecule has 5 rings (SSSR count). The standard InChI is InChI=1S/C25H25ClN6O3/c1-4-17(26)8-9-18-11-22-29-30-23(14-33-2)31(22)12-21-24(27-15-32(18)21)25-28-20(13-35-25)16-6-5-7-19(10-16)34-3/h4-10,15,20H,1,11-14H2,2-3H3/b17-8+,18-9+/t20-/m1/s1. The Kier molecular flexibility index (Phi) is 6.52. The van der Waals surface area contributed by atoms with Gasteiger partial charge in [-0.3, -0.25) is 0 Å². The van der Waals surface area contributed by atoms with Crippen LogP contribution in [0, 0.1) is 0 Å². The number of halogens is 1. The maximum absolute atomic E-state index is 6.18. The van der Waals surface area contributed by atoms with Gasteiger partial charge in [0.15, 0.2) is 5.82 Å². The second-order valence-electron chi connectivity index (χ2n) is 8.09. The number of imidazole rings is 1. The average molecular weight is 493 g/mol. The van der Waals surface area contributed by atoms with Crippen LogP contribution in [0.2, 0.25) is 0 Å². The van der Waals surface area contributed by atoms with Gasteiger partial charge < -0.3 is 23.3 Å². The zero-order chi connectivity index (χ0) is 24.4. The summed E-state index contributed by atoms with van der Waals surface area (Å²) in [6.07, 6.45) is 7.66. The summed E-state index contributed by atoms with van der Waals surface area (Å²) in [6.45, 7) is 5.00. The first-order chi connectivity index (χ1) is 17.1. The number of methoxy groups -OCH3 is 2. The summed E-state index contributed by atoms with van der Waals surface area (Å²) in [5.74, 6) is 2.86. The summed E-state index contributed by atoms with van der Waals surface area (Å²) in [6, 6.07) is 7.73. The first kappa shape index (κ1) is 23.1. The number of fused-ring (bicyclic) bond motifs is 2. The van der Waals surface area contributed by atoms with E-state index in [9.17, 15) is 0 Å². The molecule has 0 bridgehead atoms. The molecular formula is C25H25ClN6O3. The molecule has 0 saturated carbocycles. The highest BCUT2D eigenvalue weighted by molar-refractivity contribution is 6.31. The lowest BCUT2D eigenvalue weighted by atomic mass is 10.1. The minimum Gasteiger partial charge on any atom is -0.497 e. The third kappa shape index (κ3) is 4.52. The van der Waals surface area contributed by atoms with Gasteiger partial charge in [-0.2, -0.15) is 0 Å². The summed E-state index contributed by atoms with van der Waals surface area (Å²) in [4.78, 5) is 9.56. The lowest BCUT2D eigenvalue weighted by molar-refractivity contribution is 0.174. The van der Waals surface area contributed by atoms with E-state index >= 15 is 0 Å². The van der Waals surface area contributed by atoms with Gasteiger partial charge in [-0.25, -0.2) is 9.98 Å². The first-order valence-electron chi connectivity index (χ1n) is 11.1. The van der Waals surface area contributed by atoms with E-state index in [1.54, 1.807) is 32.7 Å². The number of hydrogen-bond acceptors (Lipinski definition) is 7. The van der Waals surface area contributed by atoms with Crippen LogP contribution >= 0.6 is 11.6 Å². The van der Waals surface area contributed by atoms with Crippen molar-refractivity contribution in [2.24, 2.45) is 4.99 Å². The Bertz CT molecular complexity index is 1350. The molecule has 0 amide bonds. The fourth-order valence-electron chi connectivity index (χ4n) is 4.18. The largest absolute Gasteiger partial charge is 0.497 e. The minimum absolute atomic E-state index is 0.137. The number of allylic oxidation sites excluding steroid dienone is 5. The highest BCUT2D eigenvalue weighted by Gasteiger charge is 2.30. The number of benzene rings is 1. The van der Waals surface area contributed by atoms with Crippen LogP contribution < -0.4 is 4.74 Å². The van der Waals surface area contributed by atoms with Crippen molar-refractivity contribution in [3.8, 4) is 5.75 Å². The van der Waals surface area contributed by atoms with E-state index in [4.69, 9.17) is 35.8 Å². The van der Waals surface area contributed by atoms with E-state index in [2.05, 4.69) is 21.3 Å². The Balaban J connectivity index is 1.57. The lowest BCUT2D eigenvalue weighted by Crippen LogP contribution is -2.13. The molecule has 3 aromatic rings. The Morgan fingerprint density at radius 1 is 1.31 bits per heavy atom. The highest BCUT2D eigenvalue weighted by atomic mass is 35.5. The molecule has 180 valence electrons. The van der Waals surface area contributed by atoms with Crippen LogP contribution in [-0.4, -0.2) is 51.0 Å². The van der Waals surface area contributed by atoms with Crippen LogP contribution in [0.4, 0.5) is 0 Å². The van der Waals surface area contributed by atoms with Crippen LogP contribution in [0.5, 0.6) is 5.75 Å². The molecule has 0 fully saturated rings. The van der Waals surface area contributed by atoms with Gasteiger partial charge in [0.2, 0.25) is 5.90 Å². The van der Waals surface area contributed by atoms with Crippen molar-refractivity contribution >= 4 is 23.2 Å². The number of hydrogen-bond donors (Lipinski definition) is 0. The first-order valence-corrected chi connectivity index (χ1v) is 11.5. The molecule has 0 aliphatic carbocycles. The predicted octanol–water partition coefficient (Wildman–Crippen LogP) is 3.90. The number of ether oxygens (including phenoxy) is 3. The van der Waals surface area contributed by atoms with E-state index in [1.165, 1.54) is 0 Å². The van der Waals surface area contributed by atoms with E-state index in [-0.39, 0.29) is 6.04 Å². The van der Waals surface area contributed by atoms with E-state index < -0.39 is 0 Å². The summed E-state index contributed by atoms with van der Waals surface area (Å²) in [7, 11) is 3.29. The summed E-state index contributed by atoms with van der Waals surface area (Å²) < 4.78 is 20.8. The van der Waals surface area contributed by atoms with Gasteiger partial charge >= 0.3 is 0 Å². The highest BCUT2D eigenvalue weighted by Crippen LogP contribution is 2.30. The predicted molar refractivity (Wildman–Crippen MR) is 132 cm³/mol. The molecular weight excluding hydrogens is 468 g/mol. The Morgan fingerprint density at radius 2 is 2.20 bits per heavy atom. The quantitative estimate of drug-likeness (QED) is 0.465. The third-order valence-corrected chi connectivity index (χ3v) is 6.24. The monoisotopic (exact) mass is 492 g/mol. The molecule has 4 heterocycles. The molecule has 0 saturated heterocycles. The van der Waals surface area contributed by atoms with Gasteiger partial charge in [-0.15, -0.1) is 10.2 Å². The fraction of sp³-hybridized carbons (Fsp3) is 0.280. The van der Waals surface area contributed by atoms with Crippen molar-refractivity contribution in [2.75, 3.05) is 20.8 Å². The third-order valence-electron chi connectivity index (χ3n) is 5.96. The molecule has 35 heavy (non-hydrogen) atoms. The van der Waals surface area contributed by atoms with Gasteiger partial charge in [-0.1, -0.05) is 36.4 Å². The van der Waals surface area contributed by atoms with Crippen molar-refractivity contribution < 1.29 is 14.2 Å². The Morgan fingerprint density at radius 3 is 3.00 bits per heavy atom. The Labute approximate surface area is 208 Å². The molecule has 2 aliphatic rings.